The lowest BCUT2D eigenvalue weighted by Gasteiger charge is -2.25. The number of hydrogen-bond donors (Lipinski definition) is 0. The van der Waals surface area contributed by atoms with Crippen LogP contribution in [0.3, 0.4) is 0 Å². The zero-order chi connectivity index (χ0) is 12.6. The van der Waals surface area contributed by atoms with Crippen molar-refractivity contribution in [2.75, 3.05) is 13.1 Å². The Labute approximate surface area is 104 Å². The number of rotatable bonds is 8. The van der Waals surface area contributed by atoms with Crippen molar-refractivity contribution in [3.8, 4) is 0 Å². The normalized spacial score (nSPS) is 13.0. The van der Waals surface area contributed by atoms with Crippen LogP contribution in [0.25, 0.3) is 0 Å². The molecule has 2 heteroatoms. The summed E-state index contributed by atoms with van der Waals surface area (Å²) >= 11 is 0. The summed E-state index contributed by atoms with van der Waals surface area (Å²) in [4.78, 5) is 2.50. The molecule has 16 heavy (non-hydrogen) atoms. The van der Waals surface area contributed by atoms with Gasteiger partial charge in [-0.3, -0.25) is 0 Å². The minimum Gasteiger partial charge on any atom is -0.376 e. The van der Waals surface area contributed by atoms with Crippen LogP contribution in [-0.4, -0.2) is 26.1 Å². The minimum absolute atomic E-state index is 0.951. The van der Waals surface area contributed by atoms with E-state index in [0.717, 1.165) is 6.54 Å². The highest BCUT2D eigenvalue weighted by Gasteiger charge is 2.17. The van der Waals surface area contributed by atoms with E-state index in [9.17, 15) is 0 Å². The second-order valence-electron chi connectivity index (χ2n) is 5.54. The summed E-state index contributed by atoms with van der Waals surface area (Å²) in [5.41, 5.74) is 1.49. The van der Waals surface area contributed by atoms with Gasteiger partial charge in [0, 0.05) is 18.8 Å². The van der Waals surface area contributed by atoms with Crippen molar-refractivity contribution in [2.24, 2.45) is 0 Å². The SMILES string of the molecule is CCCN(CC)C(C)=CC[Si](C)(C)CCC. The van der Waals surface area contributed by atoms with E-state index in [1.165, 1.54) is 37.2 Å². The predicted molar refractivity (Wildman–Crippen MR) is 78.7 cm³/mol. The van der Waals surface area contributed by atoms with Gasteiger partial charge < -0.3 is 4.90 Å². The number of hydrogen-bond acceptors (Lipinski definition) is 1. The van der Waals surface area contributed by atoms with E-state index in [-0.39, 0.29) is 0 Å². The molecule has 1 nitrogen and oxygen atoms in total. The van der Waals surface area contributed by atoms with E-state index in [2.05, 4.69) is 51.8 Å². The fourth-order valence-electron chi connectivity index (χ4n) is 2.19. The van der Waals surface area contributed by atoms with Gasteiger partial charge in [-0.1, -0.05) is 45.5 Å². The fraction of sp³-hybridized carbons (Fsp3) is 0.857. The van der Waals surface area contributed by atoms with Crippen molar-refractivity contribution in [3.05, 3.63) is 11.8 Å². The molecule has 96 valence electrons. The first kappa shape index (κ1) is 15.8. The van der Waals surface area contributed by atoms with Crippen molar-refractivity contribution in [2.45, 2.75) is 65.7 Å². The van der Waals surface area contributed by atoms with Crippen molar-refractivity contribution < 1.29 is 0 Å². The van der Waals surface area contributed by atoms with E-state index < -0.39 is 8.07 Å². The highest BCUT2D eigenvalue weighted by Crippen LogP contribution is 2.19. The van der Waals surface area contributed by atoms with Crippen LogP contribution >= 0.6 is 0 Å². The lowest BCUT2D eigenvalue weighted by molar-refractivity contribution is 0.363. The van der Waals surface area contributed by atoms with Gasteiger partial charge in [0.2, 0.25) is 0 Å². The maximum absolute atomic E-state index is 2.51. The van der Waals surface area contributed by atoms with Gasteiger partial charge in [-0.2, -0.15) is 0 Å². The molecule has 0 heterocycles. The Kier molecular flexibility index (Phi) is 7.82. The Balaban J connectivity index is 4.29. The molecule has 0 saturated heterocycles. The van der Waals surface area contributed by atoms with E-state index in [1.54, 1.807) is 0 Å². The number of nitrogens with zero attached hydrogens (tertiary/aromatic N) is 1. The highest BCUT2D eigenvalue weighted by molar-refractivity contribution is 6.77. The monoisotopic (exact) mass is 241 g/mol. The maximum atomic E-state index is 2.51. The molecule has 0 aliphatic heterocycles. The van der Waals surface area contributed by atoms with Crippen molar-refractivity contribution in [1.82, 2.24) is 4.90 Å². The molecule has 0 unspecified atom stereocenters. The Morgan fingerprint density at radius 1 is 1.12 bits per heavy atom. The molecule has 0 aromatic heterocycles. The first-order valence-corrected chi connectivity index (χ1v) is 10.3. The predicted octanol–water partition coefficient (Wildman–Crippen LogP) is 4.74. The fourth-order valence-corrected chi connectivity index (χ4v) is 4.59. The van der Waals surface area contributed by atoms with Crippen LogP contribution in [0.1, 0.15) is 40.5 Å². The topological polar surface area (TPSA) is 3.24 Å². The van der Waals surface area contributed by atoms with E-state index in [4.69, 9.17) is 0 Å². The average molecular weight is 241 g/mol. The van der Waals surface area contributed by atoms with Crippen LogP contribution in [0.2, 0.25) is 25.2 Å². The van der Waals surface area contributed by atoms with Gasteiger partial charge >= 0.3 is 0 Å². The molecule has 0 aromatic carbocycles. The molecule has 0 radical (unpaired) electrons. The summed E-state index contributed by atoms with van der Waals surface area (Å²) in [7, 11) is -0.951. The highest BCUT2D eigenvalue weighted by atomic mass is 28.3. The molecule has 0 fully saturated rings. The van der Waals surface area contributed by atoms with Crippen LogP contribution in [0.15, 0.2) is 11.8 Å². The molecule has 0 aromatic rings. The van der Waals surface area contributed by atoms with E-state index in [0.29, 0.717) is 0 Å². The quantitative estimate of drug-likeness (QED) is 0.555. The first-order chi connectivity index (χ1) is 7.46. The van der Waals surface area contributed by atoms with Crippen LogP contribution in [0.4, 0.5) is 0 Å². The molecule has 0 aliphatic carbocycles. The molecule has 0 spiro atoms. The van der Waals surface area contributed by atoms with E-state index >= 15 is 0 Å². The zero-order valence-corrected chi connectivity index (χ0v) is 13.3. The summed E-state index contributed by atoms with van der Waals surface area (Å²) in [6.07, 6.45) is 5.08. The molecule has 0 atom stereocenters. The van der Waals surface area contributed by atoms with E-state index in [1.807, 2.05) is 0 Å². The van der Waals surface area contributed by atoms with Crippen molar-refractivity contribution >= 4 is 8.07 Å². The molecular weight excluding hydrogens is 210 g/mol. The lowest BCUT2D eigenvalue weighted by atomic mass is 10.3. The minimum atomic E-state index is -0.951. The van der Waals surface area contributed by atoms with Crippen LogP contribution in [0.5, 0.6) is 0 Å². The van der Waals surface area contributed by atoms with Crippen molar-refractivity contribution in [3.63, 3.8) is 0 Å². The Bertz CT molecular complexity index is 209. The largest absolute Gasteiger partial charge is 0.376 e. The Morgan fingerprint density at radius 2 is 1.75 bits per heavy atom. The van der Waals surface area contributed by atoms with Gasteiger partial charge in [0.05, 0.1) is 8.07 Å². The summed E-state index contributed by atoms with van der Waals surface area (Å²) in [5, 5.41) is 0. The smallest absolute Gasteiger partial charge is 0.0511 e. The Morgan fingerprint density at radius 3 is 2.19 bits per heavy atom. The van der Waals surface area contributed by atoms with Gasteiger partial charge in [-0.15, -0.1) is 0 Å². The summed E-state index contributed by atoms with van der Waals surface area (Å²) in [6.45, 7) is 16.5. The third-order valence-electron chi connectivity index (χ3n) is 3.25. The van der Waals surface area contributed by atoms with Gasteiger partial charge in [0.15, 0.2) is 0 Å². The second kappa shape index (κ2) is 7.94. The summed E-state index contributed by atoms with van der Waals surface area (Å²) in [5.74, 6) is 0. The summed E-state index contributed by atoms with van der Waals surface area (Å²) < 4.78 is 0. The van der Waals surface area contributed by atoms with Gasteiger partial charge in [0.1, 0.15) is 0 Å². The average Bonchev–Trinajstić information content (AvgIpc) is 2.22. The van der Waals surface area contributed by atoms with Gasteiger partial charge in [-0.25, -0.2) is 0 Å². The lowest BCUT2D eigenvalue weighted by Crippen LogP contribution is -2.26. The first-order valence-electron chi connectivity index (χ1n) is 6.88. The number of allylic oxidation sites excluding steroid dienone is 2. The molecule has 0 N–H and O–H groups in total. The molecule has 0 saturated carbocycles. The van der Waals surface area contributed by atoms with Gasteiger partial charge in [-0.05, 0) is 26.3 Å². The molecule has 0 aliphatic rings. The van der Waals surface area contributed by atoms with Gasteiger partial charge in [0.25, 0.3) is 0 Å². The third kappa shape index (κ3) is 6.36. The maximum Gasteiger partial charge on any atom is 0.0511 e. The molecular formula is C14H31NSi. The van der Waals surface area contributed by atoms with Crippen LogP contribution in [-0.2, 0) is 0 Å². The molecule has 0 bridgehead atoms. The molecule has 0 amide bonds. The van der Waals surface area contributed by atoms with Crippen LogP contribution in [0, 0.1) is 0 Å². The Hall–Kier alpha value is -0.243. The third-order valence-corrected chi connectivity index (χ3v) is 6.41. The standard InChI is InChI=1S/C14H31NSi/c1-7-11-15(9-3)14(4)10-13-16(5,6)12-8-2/h10H,7-9,11-13H2,1-6H3. The van der Waals surface area contributed by atoms with Crippen LogP contribution < -0.4 is 0 Å². The zero-order valence-electron chi connectivity index (χ0n) is 12.3. The molecule has 0 rings (SSSR count). The summed E-state index contributed by atoms with van der Waals surface area (Å²) in [6, 6.07) is 2.80. The second-order valence-corrected chi connectivity index (χ2v) is 10.8. The van der Waals surface area contributed by atoms with Crippen molar-refractivity contribution in [1.29, 1.82) is 0 Å².